The second-order valence-corrected chi connectivity index (χ2v) is 5.91. The topological polar surface area (TPSA) is 30.7 Å². The quantitative estimate of drug-likeness (QED) is 0.746. The van der Waals surface area contributed by atoms with Crippen molar-refractivity contribution in [3.05, 3.63) is 12.2 Å². The molecule has 1 saturated carbocycles. The van der Waals surface area contributed by atoms with Crippen LogP contribution in [0.15, 0.2) is 6.33 Å². The third-order valence-corrected chi connectivity index (χ3v) is 4.84. The molecule has 3 unspecified atom stereocenters. The Morgan fingerprint density at radius 3 is 3.18 bits per heavy atom. The highest BCUT2D eigenvalue weighted by Crippen LogP contribution is 2.42. The van der Waals surface area contributed by atoms with Crippen LogP contribution in [-0.2, 0) is 13.0 Å². The van der Waals surface area contributed by atoms with Crippen molar-refractivity contribution < 1.29 is 0 Å². The summed E-state index contributed by atoms with van der Waals surface area (Å²) < 4.78 is 2.31. The van der Waals surface area contributed by atoms with Gasteiger partial charge in [-0.1, -0.05) is 26.2 Å². The number of aromatic nitrogens is 3. The van der Waals surface area contributed by atoms with Crippen molar-refractivity contribution in [1.29, 1.82) is 0 Å². The van der Waals surface area contributed by atoms with Crippen molar-refractivity contribution in [2.75, 3.05) is 0 Å². The minimum absolute atomic E-state index is 0.873. The second kappa shape index (κ2) is 4.79. The van der Waals surface area contributed by atoms with E-state index in [0.29, 0.717) is 0 Å². The van der Waals surface area contributed by atoms with Gasteiger partial charge in [0.25, 0.3) is 0 Å². The SMILES string of the molecule is CCC1CC2CC1CCCCc1nncn1C2. The van der Waals surface area contributed by atoms with Crippen LogP contribution in [0, 0.1) is 17.8 Å². The predicted molar refractivity (Wildman–Crippen MR) is 67.6 cm³/mol. The van der Waals surface area contributed by atoms with E-state index in [2.05, 4.69) is 21.7 Å². The zero-order chi connectivity index (χ0) is 11.7. The van der Waals surface area contributed by atoms with Gasteiger partial charge in [-0.3, -0.25) is 0 Å². The maximum absolute atomic E-state index is 4.27. The monoisotopic (exact) mass is 233 g/mol. The van der Waals surface area contributed by atoms with Crippen LogP contribution in [0.25, 0.3) is 0 Å². The average Bonchev–Trinajstić information content (AvgIpc) is 2.92. The summed E-state index contributed by atoms with van der Waals surface area (Å²) in [5.41, 5.74) is 0. The first-order valence-corrected chi connectivity index (χ1v) is 7.23. The van der Waals surface area contributed by atoms with Crippen molar-refractivity contribution in [2.45, 2.75) is 58.4 Å². The van der Waals surface area contributed by atoms with E-state index in [0.717, 1.165) is 30.7 Å². The summed E-state index contributed by atoms with van der Waals surface area (Å²) >= 11 is 0. The summed E-state index contributed by atoms with van der Waals surface area (Å²) in [5, 5.41) is 8.35. The molecule has 3 heteroatoms. The standard InChI is InChI=1S/C14H23N3/c1-2-12-7-11-8-13(12)5-3-4-6-14-16-15-10-17(14)9-11/h10-13H,2-9H2,1H3. The lowest BCUT2D eigenvalue weighted by Gasteiger charge is -2.18. The molecule has 2 aliphatic rings. The summed E-state index contributed by atoms with van der Waals surface area (Å²) in [6.07, 6.45) is 11.4. The van der Waals surface area contributed by atoms with Crippen molar-refractivity contribution in [3.63, 3.8) is 0 Å². The molecule has 2 bridgehead atoms. The number of hydrogen-bond acceptors (Lipinski definition) is 2. The fourth-order valence-electron chi connectivity index (χ4n) is 3.93. The Kier molecular flexibility index (Phi) is 3.17. The van der Waals surface area contributed by atoms with Crippen molar-refractivity contribution in [1.82, 2.24) is 14.8 Å². The average molecular weight is 233 g/mol. The molecular weight excluding hydrogens is 210 g/mol. The minimum atomic E-state index is 0.873. The fourth-order valence-corrected chi connectivity index (χ4v) is 3.93. The number of hydrogen-bond donors (Lipinski definition) is 0. The first-order valence-electron chi connectivity index (χ1n) is 7.23. The number of rotatable bonds is 1. The smallest absolute Gasteiger partial charge is 0.132 e. The minimum Gasteiger partial charge on any atom is -0.317 e. The molecule has 1 aliphatic heterocycles. The van der Waals surface area contributed by atoms with Crippen LogP contribution in [0.2, 0.25) is 0 Å². The number of nitrogens with zero attached hydrogens (tertiary/aromatic N) is 3. The fraction of sp³-hybridized carbons (Fsp3) is 0.857. The van der Waals surface area contributed by atoms with E-state index >= 15 is 0 Å². The molecular formula is C14H23N3. The summed E-state index contributed by atoms with van der Waals surface area (Å²) in [4.78, 5) is 0. The van der Waals surface area contributed by atoms with Gasteiger partial charge >= 0.3 is 0 Å². The highest BCUT2D eigenvalue weighted by atomic mass is 15.3. The van der Waals surface area contributed by atoms with Gasteiger partial charge in [0.05, 0.1) is 0 Å². The lowest BCUT2D eigenvalue weighted by molar-refractivity contribution is 0.342. The van der Waals surface area contributed by atoms with Crippen molar-refractivity contribution in [3.8, 4) is 0 Å². The molecule has 0 radical (unpaired) electrons. The Bertz CT molecular complexity index is 371. The van der Waals surface area contributed by atoms with Crippen molar-refractivity contribution in [2.24, 2.45) is 17.8 Å². The summed E-state index contributed by atoms with van der Waals surface area (Å²) in [6.45, 7) is 3.53. The van der Waals surface area contributed by atoms with Gasteiger partial charge in [-0.05, 0) is 37.0 Å². The van der Waals surface area contributed by atoms with Gasteiger partial charge in [-0.25, -0.2) is 0 Å². The first kappa shape index (κ1) is 11.2. The molecule has 0 saturated heterocycles. The van der Waals surface area contributed by atoms with Gasteiger partial charge < -0.3 is 4.57 Å². The third kappa shape index (κ3) is 2.24. The molecule has 1 aromatic heterocycles. The van der Waals surface area contributed by atoms with E-state index in [1.165, 1.54) is 44.3 Å². The van der Waals surface area contributed by atoms with Gasteiger partial charge in [0.1, 0.15) is 12.2 Å². The molecule has 1 fully saturated rings. The van der Waals surface area contributed by atoms with Crippen LogP contribution in [0.4, 0.5) is 0 Å². The molecule has 94 valence electrons. The predicted octanol–water partition coefficient (Wildman–Crippen LogP) is 3.06. The van der Waals surface area contributed by atoms with Gasteiger partial charge in [0, 0.05) is 13.0 Å². The molecule has 0 amide bonds. The van der Waals surface area contributed by atoms with Crippen LogP contribution in [0.1, 0.15) is 51.3 Å². The van der Waals surface area contributed by atoms with E-state index in [1.54, 1.807) is 0 Å². The number of aryl methyl sites for hydroxylation is 1. The van der Waals surface area contributed by atoms with Gasteiger partial charge in [0.15, 0.2) is 0 Å². The maximum Gasteiger partial charge on any atom is 0.132 e. The highest BCUT2D eigenvalue weighted by Gasteiger charge is 2.33. The molecule has 0 aromatic carbocycles. The zero-order valence-electron chi connectivity index (χ0n) is 10.8. The summed E-state index contributed by atoms with van der Waals surface area (Å²) in [6, 6.07) is 0. The Morgan fingerprint density at radius 1 is 1.35 bits per heavy atom. The molecule has 17 heavy (non-hydrogen) atoms. The van der Waals surface area contributed by atoms with Crippen LogP contribution in [0.5, 0.6) is 0 Å². The van der Waals surface area contributed by atoms with Crippen LogP contribution < -0.4 is 0 Å². The van der Waals surface area contributed by atoms with E-state index < -0.39 is 0 Å². The third-order valence-electron chi connectivity index (χ3n) is 4.84. The van der Waals surface area contributed by atoms with Crippen LogP contribution >= 0.6 is 0 Å². The van der Waals surface area contributed by atoms with E-state index in [9.17, 15) is 0 Å². The highest BCUT2D eigenvalue weighted by molar-refractivity contribution is 4.91. The molecule has 1 aliphatic carbocycles. The van der Waals surface area contributed by atoms with E-state index in [-0.39, 0.29) is 0 Å². The Balaban J connectivity index is 1.79. The first-order chi connectivity index (χ1) is 8.36. The maximum atomic E-state index is 4.27. The molecule has 0 N–H and O–H groups in total. The molecule has 1 aromatic rings. The Hall–Kier alpha value is -0.860. The zero-order valence-corrected chi connectivity index (χ0v) is 10.8. The molecule has 3 nitrogen and oxygen atoms in total. The molecule has 3 atom stereocenters. The van der Waals surface area contributed by atoms with Crippen LogP contribution in [0.3, 0.4) is 0 Å². The normalized spacial score (nSPS) is 33.4. The van der Waals surface area contributed by atoms with Gasteiger partial charge in [-0.15, -0.1) is 10.2 Å². The lowest BCUT2D eigenvalue weighted by atomic mass is 9.89. The molecule has 3 rings (SSSR count). The Morgan fingerprint density at radius 2 is 2.29 bits per heavy atom. The van der Waals surface area contributed by atoms with E-state index in [4.69, 9.17) is 0 Å². The summed E-state index contributed by atoms with van der Waals surface area (Å²) in [7, 11) is 0. The molecule has 2 heterocycles. The largest absolute Gasteiger partial charge is 0.317 e. The lowest BCUT2D eigenvalue weighted by Crippen LogP contribution is -2.12. The number of fused-ring (bicyclic) bond motifs is 3. The summed E-state index contributed by atoms with van der Waals surface area (Å²) in [5.74, 6) is 4.07. The second-order valence-electron chi connectivity index (χ2n) is 5.91. The molecule has 0 spiro atoms. The Labute approximate surface area is 104 Å². The van der Waals surface area contributed by atoms with Gasteiger partial charge in [-0.2, -0.15) is 0 Å². The van der Waals surface area contributed by atoms with Crippen molar-refractivity contribution >= 4 is 0 Å². The van der Waals surface area contributed by atoms with Crippen LogP contribution in [-0.4, -0.2) is 14.8 Å². The van der Waals surface area contributed by atoms with E-state index in [1.807, 2.05) is 6.33 Å². The van der Waals surface area contributed by atoms with Gasteiger partial charge in [0.2, 0.25) is 0 Å².